The standard InChI is InChI=1S/C11H9F2NO/c1-3-7(2)14-11(15)8-4-5-9(12)10(13)6-8/h1,4-7H,2H3,(H,14,15). The number of terminal acetylenes is 1. The summed E-state index contributed by atoms with van der Waals surface area (Å²) < 4.78 is 25.3. The molecule has 0 radical (unpaired) electrons. The number of carbonyl (C=O) groups is 1. The molecule has 0 spiro atoms. The first-order chi connectivity index (χ1) is 7.04. The van der Waals surface area contributed by atoms with Crippen LogP contribution in [0.15, 0.2) is 18.2 Å². The molecule has 0 fully saturated rings. The Morgan fingerprint density at radius 2 is 2.13 bits per heavy atom. The molecule has 1 aromatic rings. The van der Waals surface area contributed by atoms with Crippen LogP contribution in [0, 0.1) is 24.0 Å². The van der Waals surface area contributed by atoms with Gasteiger partial charge in [-0.05, 0) is 25.1 Å². The lowest BCUT2D eigenvalue weighted by molar-refractivity contribution is 0.0947. The molecule has 2 nitrogen and oxygen atoms in total. The molecule has 0 aliphatic heterocycles. The molecule has 1 rings (SSSR count). The maximum atomic E-state index is 12.8. The molecule has 0 aliphatic rings. The summed E-state index contributed by atoms with van der Waals surface area (Å²) in [4.78, 5) is 11.4. The van der Waals surface area contributed by atoms with Crippen molar-refractivity contribution in [1.82, 2.24) is 5.32 Å². The van der Waals surface area contributed by atoms with E-state index in [9.17, 15) is 13.6 Å². The molecular formula is C11H9F2NO. The van der Waals surface area contributed by atoms with Gasteiger partial charge in [-0.15, -0.1) is 6.42 Å². The monoisotopic (exact) mass is 209 g/mol. The fourth-order valence-corrected chi connectivity index (χ4v) is 0.959. The topological polar surface area (TPSA) is 29.1 Å². The molecule has 1 amide bonds. The van der Waals surface area contributed by atoms with Gasteiger partial charge in [-0.3, -0.25) is 4.79 Å². The highest BCUT2D eigenvalue weighted by Crippen LogP contribution is 2.08. The van der Waals surface area contributed by atoms with Crippen molar-refractivity contribution in [2.75, 3.05) is 0 Å². The predicted molar refractivity (Wildman–Crippen MR) is 52.1 cm³/mol. The van der Waals surface area contributed by atoms with E-state index in [1.165, 1.54) is 6.07 Å². The number of hydrogen-bond donors (Lipinski definition) is 1. The van der Waals surface area contributed by atoms with Gasteiger partial charge < -0.3 is 5.32 Å². The van der Waals surface area contributed by atoms with Crippen molar-refractivity contribution in [2.24, 2.45) is 0 Å². The second-order valence-corrected chi connectivity index (χ2v) is 2.99. The van der Waals surface area contributed by atoms with Gasteiger partial charge in [0, 0.05) is 5.56 Å². The van der Waals surface area contributed by atoms with E-state index >= 15 is 0 Å². The zero-order valence-electron chi connectivity index (χ0n) is 8.05. The minimum absolute atomic E-state index is 0.0380. The first-order valence-corrected chi connectivity index (χ1v) is 4.26. The number of halogens is 2. The molecule has 0 saturated heterocycles. The summed E-state index contributed by atoms with van der Waals surface area (Å²) in [5.41, 5.74) is 0.0380. The smallest absolute Gasteiger partial charge is 0.252 e. The van der Waals surface area contributed by atoms with Crippen LogP contribution in [0.1, 0.15) is 17.3 Å². The molecule has 0 heterocycles. The highest BCUT2D eigenvalue weighted by molar-refractivity contribution is 5.94. The van der Waals surface area contributed by atoms with Gasteiger partial charge in [0.15, 0.2) is 11.6 Å². The first-order valence-electron chi connectivity index (χ1n) is 4.26. The van der Waals surface area contributed by atoms with E-state index in [0.29, 0.717) is 0 Å². The number of amides is 1. The van der Waals surface area contributed by atoms with Crippen molar-refractivity contribution in [3.05, 3.63) is 35.4 Å². The van der Waals surface area contributed by atoms with Gasteiger partial charge in [-0.2, -0.15) is 0 Å². The minimum atomic E-state index is -1.06. The molecular weight excluding hydrogens is 200 g/mol. The van der Waals surface area contributed by atoms with Crippen LogP contribution < -0.4 is 5.32 Å². The average Bonchev–Trinajstić information content (AvgIpc) is 2.21. The van der Waals surface area contributed by atoms with E-state index in [-0.39, 0.29) is 5.56 Å². The Kier molecular flexibility index (Phi) is 3.40. The number of rotatable bonds is 2. The van der Waals surface area contributed by atoms with Crippen LogP contribution in [0.3, 0.4) is 0 Å². The molecule has 78 valence electrons. The van der Waals surface area contributed by atoms with E-state index in [4.69, 9.17) is 6.42 Å². The molecule has 1 unspecified atom stereocenters. The van der Waals surface area contributed by atoms with Gasteiger partial charge in [-0.1, -0.05) is 5.92 Å². The molecule has 0 aliphatic carbocycles. The molecule has 0 saturated carbocycles. The summed E-state index contributed by atoms with van der Waals surface area (Å²) in [5.74, 6) is -0.285. The Balaban J connectivity index is 2.84. The molecule has 0 aromatic heterocycles. The van der Waals surface area contributed by atoms with Crippen LogP contribution in [-0.2, 0) is 0 Å². The van der Waals surface area contributed by atoms with Crippen LogP contribution in [0.25, 0.3) is 0 Å². The van der Waals surface area contributed by atoms with Gasteiger partial charge in [0.05, 0.1) is 6.04 Å². The summed E-state index contributed by atoms with van der Waals surface area (Å²) in [7, 11) is 0. The molecule has 4 heteroatoms. The third-order valence-corrected chi connectivity index (χ3v) is 1.78. The lowest BCUT2D eigenvalue weighted by Gasteiger charge is -2.07. The Hall–Kier alpha value is -1.89. The number of nitrogens with one attached hydrogen (secondary N) is 1. The second kappa shape index (κ2) is 4.56. The maximum Gasteiger partial charge on any atom is 0.252 e. The Morgan fingerprint density at radius 3 is 2.67 bits per heavy atom. The van der Waals surface area contributed by atoms with Crippen LogP contribution in [0.4, 0.5) is 8.78 Å². The third kappa shape index (κ3) is 2.78. The van der Waals surface area contributed by atoms with Crippen molar-refractivity contribution in [3.8, 4) is 12.3 Å². The van der Waals surface area contributed by atoms with Crippen molar-refractivity contribution in [1.29, 1.82) is 0 Å². The second-order valence-electron chi connectivity index (χ2n) is 2.99. The molecule has 0 bridgehead atoms. The molecule has 1 aromatic carbocycles. The van der Waals surface area contributed by atoms with Crippen molar-refractivity contribution >= 4 is 5.91 Å². The number of carbonyl (C=O) groups excluding carboxylic acids is 1. The summed E-state index contributed by atoms with van der Waals surface area (Å²) in [5, 5.41) is 2.43. The summed E-state index contributed by atoms with van der Waals surface area (Å²) in [6.07, 6.45) is 5.05. The quantitative estimate of drug-likeness (QED) is 0.738. The van der Waals surface area contributed by atoms with Crippen LogP contribution in [0.2, 0.25) is 0 Å². The zero-order chi connectivity index (χ0) is 11.4. The molecule has 1 N–H and O–H groups in total. The molecule has 15 heavy (non-hydrogen) atoms. The van der Waals surface area contributed by atoms with Gasteiger partial charge in [0.2, 0.25) is 0 Å². The largest absolute Gasteiger partial charge is 0.339 e. The minimum Gasteiger partial charge on any atom is -0.339 e. The normalized spacial score (nSPS) is 11.6. The maximum absolute atomic E-state index is 12.8. The predicted octanol–water partition coefficient (Wildman–Crippen LogP) is 1.72. The van der Waals surface area contributed by atoms with E-state index < -0.39 is 23.6 Å². The van der Waals surface area contributed by atoms with E-state index in [0.717, 1.165) is 12.1 Å². The summed E-state index contributed by atoms with van der Waals surface area (Å²) in [6, 6.07) is 2.46. The van der Waals surface area contributed by atoms with Gasteiger partial charge in [0.25, 0.3) is 5.91 Å². The van der Waals surface area contributed by atoms with E-state index in [1.807, 2.05) is 0 Å². The summed E-state index contributed by atoms with van der Waals surface area (Å²) in [6.45, 7) is 1.61. The third-order valence-electron chi connectivity index (χ3n) is 1.78. The fraction of sp³-hybridized carbons (Fsp3) is 0.182. The average molecular weight is 209 g/mol. The van der Waals surface area contributed by atoms with Crippen LogP contribution >= 0.6 is 0 Å². The van der Waals surface area contributed by atoms with E-state index in [2.05, 4.69) is 11.2 Å². The first kappa shape index (κ1) is 11.2. The lowest BCUT2D eigenvalue weighted by atomic mass is 10.2. The van der Waals surface area contributed by atoms with Gasteiger partial charge >= 0.3 is 0 Å². The number of hydrogen-bond acceptors (Lipinski definition) is 1. The Labute approximate surface area is 86.3 Å². The fourth-order valence-electron chi connectivity index (χ4n) is 0.959. The number of benzene rings is 1. The Bertz CT molecular complexity index is 423. The van der Waals surface area contributed by atoms with E-state index in [1.54, 1.807) is 6.92 Å². The van der Waals surface area contributed by atoms with Gasteiger partial charge in [-0.25, -0.2) is 8.78 Å². The van der Waals surface area contributed by atoms with Crippen molar-refractivity contribution < 1.29 is 13.6 Å². The zero-order valence-corrected chi connectivity index (χ0v) is 8.05. The van der Waals surface area contributed by atoms with Gasteiger partial charge in [0.1, 0.15) is 0 Å². The Morgan fingerprint density at radius 1 is 1.47 bits per heavy atom. The highest BCUT2D eigenvalue weighted by Gasteiger charge is 2.10. The van der Waals surface area contributed by atoms with Crippen molar-refractivity contribution in [2.45, 2.75) is 13.0 Å². The lowest BCUT2D eigenvalue weighted by Crippen LogP contribution is -2.31. The van der Waals surface area contributed by atoms with Crippen molar-refractivity contribution in [3.63, 3.8) is 0 Å². The molecule has 1 atom stereocenters. The van der Waals surface area contributed by atoms with Crippen LogP contribution in [0.5, 0.6) is 0 Å². The highest BCUT2D eigenvalue weighted by atomic mass is 19.2. The SMILES string of the molecule is C#CC(C)NC(=O)c1ccc(F)c(F)c1. The summed E-state index contributed by atoms with van der Waals surface area (Å²) >= 11 is 0. The van der Waals surface area contributed by atoms with Crippen LogP contribution in [-0.4, -0.2) is 11.9 Å².